The molecule has 0 bridgehead atoms. The lowest BCUT2D eigenvalue weighted by molar-refractivity contribution is 0.322. The zero-order valence-electron chi connectivity index (χ0n) is 11.8. The highest BCUT2D eigenvalue weighted by Crippen LogP contribution is 2.32. The molecule has 0 saturated carbocycles. The molecule has 1 aliphatic heterocycles. The third kappa shape index (κ3) is 2.97. The highest BCUT2D eigenvalue weighted by atomic mass is 32.1. The van der Waals surface area contributed by atoms with Gasteiger partial charge in [-0.1, -0.05) is 12.1 Å². The maximum atomic E-state index is 5.81. The molecule has 1 N–H and O–H groups in total. The Bertz CT molecular complexity index is 567. The second-order valence-corrected chi connectivity index (χ2v) is 6.24. The number of fused-ring (bicyclic) bond motifs is 1. The van der Waals surface area contributed by atoms with E-state index in [1.165, 1.54) is 15.4 Å². The molecule has 0 spiro atoms. The van der Waals surface area contributed by atoms with Gasteiger partial charge in [-0.05, 0) is 37.7 Å². The molecule has 0 unspecified atom stereocenters. The summed E-state index contributed by atoms with van der Waals surface area (Å²) in [5, 5.41) is 3.20. The Morgan fingerprint density at radius 3 is 2.95 bits per heavy atom. The average molecular weight is 288 g/mol. The first-order valence-corrected chi connectivity index (χ1v) is 7.87. The van der Waals surface area contributed by atoms with Crippen molar-refractivity contribution >= 4 is 17.0 Å². The summed E-state index contributed by atoms with van der Waals surface area (Å²) in [6.07, 6.45) is 1.07. The van der Waals surface area contributed by atoms with Crippen molar-refractivity contribution in [2.24, 2.45) is 0 Å². The second-order valence-electron chi connectivity index (χ2n) is 4.99. The van der Waals surface area contributed by atoms with E-state index < -0.39 is 0 Å². The summed E-state index contributed by atoms with van der Waals surface area (Å²) in [6, 6.07) is 12.8. The predicted octanol–water partition coefficient (Wildman–Crippen LogP) is 3.26. The fourth-order valence-corrected chi connectivity index (χ4v) is 3.57. The molecular formula is C16H20N2OS. The third-order valence-electron chi connectivity index (χ3n) is 3.45. The third-order valence-corrected chi connectivity index (χ3v) is 4.52. The van der Waals surface area contributed by atoms with Crippen molar-refractivity contribution in [1.82, 2.24) is 5.32 Å². The lowest BCUT2D eigenvalue weighted by atomic mass is 10.2. The Labute approximate surface area is 124 Å². The molecule has 3 nitrogen and oxygen atoms in total. The molecule has 1 aromatic heterocycles. The minimum Gasteiger partial charge on any atom is -0.491 e. The van der Waals surface area contributed by atoms with Gasteiger partial charge in [0.25, 0.3) is 0 Å². The average Bonchev–Trinajstić information content (AvgIpc) is 2.80. The van der Waals surface area contributed by atoms with Crippen LogP contribution in [0.2, 0.25) is 0 Å². The highest BCUT2D eigenvalue weighted by molar-refractivity contribution is 7.12. The highest BCUT2D eigenvalue weighted by Gasteiger charge is 2.16. The van der Waals surface area contributed by atoms with E-state index in [0.717, 1.165) is 38.4 Å². The van der Waals surface area contributed by atoms with E-state index in [0.29, 0.717) is 0 Å². The molecule has 3 rings (SSSR count). The van der Waals surface area contributed by atoms with Crippen LogP contribution < -0.4 is 15.0 Å². The molecule has 20 heavy (non-hydrogen) atoms. The Balaban J connectivity index is 1.79. The van der Waals surface area contributed by atoms with Gasteiger partial charge in [-0.3, -0.25) is 0 Å². The molecule has 1 aliphatic rings. The Hall–Kier alpha value is -1.52. The van der Waals surface area contributed by atoms with Crippen LogP contribution in [0.5, 0.6) is 5.75 Å². The van der Waals surface area contributed by atoms with Crippen LogP contribution in [0.4, 0.5) is 5.69 Å². The van der Waals surface area contributed by atoms with Gasteiger partial charge in [-0.2, -0.15) is 0 Å². The number of hydrogen-bond donors (Lipinski definition) is 1. The Morgan fingerprint density at radius 2 is 2.05 bits per heavy atom. The Morgan fingerprint density at radius 1 is 1.20 bits per heavy atom. The van der Waals surface area contributed by atoms with E-state index in [9.17, 15) is 0 Å². The van der Waals surface area contributed by atoms with Crippen molar-refractivity contribution in [3.8, 4) is 5.75 Å². The zero-order chi connectivity index (χ0) is 13.8. The van der Waals surface area contributed by atoms with Crippen LogP contribution in [-0.2, 0) is 13.1 Å². The van der Waals surface area contributed by atoms with E-state index in [2.05, 4.69) is 40.5 Å². The van der Waals surface area contributed by atoms with Crippen molar-refractivity contribution < 1.29 is 4.74 Å². The van der Waals surface area contributed by atoms with Crippen LogP contribution >= 0.6 is 11.3 Å². The van der Waals surface area contributed by atoms with Crippen LogP contribution in [0.3, 0.4) is 0 Å². The summed E-state index contributed by atoms with van der Waals surface area (Å²) < 4.78 is 5.81. The summed E-state index contributed by atoms with van der Waals surface area (Å²) in [5.41, 5.74) is 1.22. The topological polar surface area (TPSA) is 24.5 Å². The molecule has 4 heteroatoms. The van der Waals surface area contributed by atoms with Crippen molar-refractivity contribution in [2.75, 3.05) is 25.1 Å². The number of nitrogens with one attached hydrogen (secondary N) is 1. The van der Waals surface area contributed by atoms with Gasteiger partial charge in [-0.15, -0.1) is 11.3 Å². The summed E-state index contributed by atoms with van der Waals surface area (Å²) in [5.74, 6) is 1.01. The van der Waals surface area contributed by atoms with Gasteiger partial charge in [0.2, 0.25) is 0 Å². The number of hydrogen-bond acceptors (Lipinski definition) is 4. The molecule has 0 fully saturated rings. The first-order chi connectivity index (χ1) is 9.86. The van der Waals surface area contributed by atoms with E-state index in [4.69, 9.17) is 4.74 Å². The molecular weight excluding hydrogens is 268 g/mol. The molecule has 106 valence electrons. The van der Waals surface area contributed by atoms with Crippen molar-refractivity contribution in [3.63, 3.8) is 0 Å². The normalized spacial score (nSPS) is 14.6. The van der Waals surface area contributed by atoms with Gasteiger partial charge < -0.3 is 15.0 Å². The summed E-state index contributed by atoms with van der Waals surface area (Å²) >= 11 is 1.89. The van der Waals surface area contributed by atoms with Gasteiger partial charge in [-0.25, -0.2) is 0 Å². The molecule has 0 atom stereocenters. The number of para-hydroxylation sites is 2. The van der Waals surface area contributed by atoms with Gasteiger partial charge >= 0.3 is 0 Å². The van der Waals surface area contributed by atoms with Crippen molar-refractivity contribution in [1.29, 1.82) is 0 Å². The first kappa shape index (κ1) is 13.5. The van der Waals surface area contributed by atoms with Crippen LogP contribution in [0.1, 0.15) is 16.2 Å². The monoisotopic (exact) mass is 288 g/mol. The standard InChI is InChI=1S/C16H20N2OS/c1-17-11-13-7-8-14(20-13)12-18-9-4-10-19-16-6-3-2-5-15(16)18/h2-3,5-8,17H,4,9-12H2,1H3. The smallest absolute Gasteiger partial charge is 0.142 e. The minimum absolute atomic E-state index is 0.808. The first-order valence-electron chi connectivity index (χ1n) is 7.06. The SMILES string of the molecule is CNCc1ccc(CN2CCCOc3ccccc32)s1. The second kappa shape index (κ2) is 6.29. The van der Waals surface area contributed by atoms with Crippen molar-refractivity contribution in [2.45, 2.75) is 19.5 Å². The van der Waals surface area contributed by atoms with Crippen LogP contribution in [0, 0.1) is 0 Å². The predicted molar refractivity (Wildman–Crippen MR) is 84.7 cm³/mol. The van der Waals surface area contributed by atoms with E-state index >= 15 is 0 Å². The molecule has 0 radical (unpaired) electrons. The lowest BCUT2D eigenvalue weighted by Gasteiger charge is -2.23. The van der Waals surface area contributed by atoms with Gasteiger partial charge in [0, 0.05) is 22.8 Å². The van der Waals surface area contributed by atoms with Crippen LogP contribution in [0.25, 0.3) is 0 Å². The summed E-state index contributed by atoms with van der Waals surface area (Å²) in [6.45, 7) is 3.78. The zero-order valence-corrected chi connectivity index (χ0v) is 12.6. The fraction of sp³-hybridized carbons (Fsp3) is 0.375. The summed E-state index contributed by atoms with van der Waals surface area (Å²) in [4.78, 5) is 5.23. The van der Waals surface area contributed by atoms with Crippen LogP contribution in [-0.4, -0.2) is 20.2 Å². The molecule has 0 aliphatic carbocycles. The van der Waals surface area contributed by atoms with Gasteiger partial charge in [0.15, 0.2) is 0 Å². The largest absolute Gasteiger partial charge is 0.491 e. The van der Waals surface area contributed by atoms with Gasteiger partial charge in [0.1, 0.15) is 5.75 Å². The van der Waals surface area contributed by atoms with E-state index in [-0.39, 0.29) is 0 Å². The number of rotatable bonds is 4. The van der Waals surface area contributed by atoms with Gasteiger partial charge in [0.05, 0.1) is 18.8 Å². The number of nitrogens with zero attached hydrogens (tertiary/aromatic N) is 1. The maximum absolute atomic E-state index is 5.81. The quantitative estimate of drug-likeness (QED) is 0.934. The fourth-order valence-electron chi connectivity index (χ4n) is 2.53. The number of thiophene rings is 1. The molecule has 2 heterocycles. The lowest BCUT2D eigenvalue weighted by Crippen LogP contribution is -2.22. The number of benzene rings is 1. The van der Waals surface area contributed by atoms with E-state index in [1.54, 1.807) is 0 Å². The minimum atomic E-state index is 0.808. The number of anilines is 1. The molecule has 0 saturated heterocycles. The summed E-state index contributed by atoms with van der Waals surface area (Å²) in [7, 11) is 1.99. The van der Waals surface area contributed by atoms with E-state index in [1.807, 2.05) is 24.5 Å². The Kier molecular flexibility index (Phi) is 4.23. The maximum Gasteiger partial charge on any atom is 0.142 e. The van der Waals surface area contributed by atoms with Crippen molar-refractivity contribution in [3.05, 3.63) is 46.2 Å². The molecule has 2 aromatic rings. The van der Waals surface area contributed by atoms with Crippen LogP contribution in [0.15, 0.2) is 36.4 Å². The molecule has 0 amide bonds. The number of ether oxygens (including phenoxy) is 1. The molecule has 1 aromatic carbocycles.